The van der Waals surface area contributed by atoms with Crippen molar-refractivity contribution in [1.82, 2.24) is 0 Å². The van der Waals surface area contributed by atoms with Crippen LogP contribution in [0, 0.1) is 17.1 Å². The first kappa shape index (κ1) is 17.9. The molecule has 0 spiro atoms. The van der Waals surface area contributed by atoms with Crippen molar-refractivity contribution in [1.29, 1.82) is 5.26 Å². The smallest absolute Gasteiger partial charge is 0.292 e. The summed E-state index contributed by atoms with van der Waals surface area (Å²) in [6.45, 7) is 0. The van der Waals surface area contributed by atoms with Crippen LogP contribution in [0.2, 0.25) is 0 Å². The average Bonchev–Trinajstić information content (AvgIpc) is 2.68. The van der Waals surface area contributed by atoms with Crippen molar-refractivity contribution in [2.45, 2.75) is 5.92 Å². The van der Waals surface area contributed by atoms with E-state index in [9.17, 15) is 9.65 Å². The molecule has 0 fully saturated rings. The summed E-state index contributed by atoms with van der Waals surface area (Å²) >= 11 is 0. The Morgan fingerprint density at radius 2 is 1.31 bits per heavy atom. The molecule has 1 atom stereocenters. The van der Waals surface area contributed by atoms with Gasteiger partial charge in [0, 0.05) is 0 Å². The van der Waals surface area contributed by atoms with Gasteiger partial charge in [-0.15, -0.1) is 0 Å². The first-order valence-electron chi connectivity index (χ1n) is 8.13. The monoisotopic (exact) mass is 365 g/mol. The molecule has 0 aliphatic rings. The van der Waals surface area contributed by atoms with Gasteiger partial charge in [-0.1, -0.05) is 48.5 Å². The summed E-state index contributed by atoms with van der Waals surface area (Å²) < 4.78 is 25.2. The fourth-order valence-electron chi connectivity index (χ4n) is 2.36. The lowest BCUT2D eigenvalue weighted by molar-refractivity contribution is 0.487. The third kappa shape index (κ3) is 5.05. The zero-order chi connectivity index (χ0) is 18.2. The molecular weight excluding hydrogens is 348 g/mol. The second-order valence-corrected chi connectivity index (χ2v) is 6.95. The molecule has 0 N–H and O–H groups in total. The Labute approximate surface area is 153 Å². The van der Waals surface area contributed by atoms with Gasteiger partial charge in [0.25, 0.3) is 8.38 Å². The van der Waals surface area contributed by atoms with Crippen molar-refractivity contribution in [2.24, 2.45) is 0 Å². The van der Waals surface area contributed by atoms with Crippen LogP contribution in [0.25, 0.3) is 0 Å². The van der Waals surface area contributed by atoms with Gasteiger partial charge < -0.3 is 9.05 Å². The average molecular weight is 365 g/mol. The Morgan fingerprint density at radius 3 is 1.77 bits per heavy atom. The Kier molecular flexibility index (Phi) is 6.19. The molecule has 0 heterocycles. The van der Waals surface area contributed by atoms with Crippen LogP contribution < -0.4 is 9.05 Å². The van der Waals surface area contributed by atoms with Gasteiger partial charge in [0.05, 0.1) is 18.1 Å². The van der Waals surface area contributed by atoms with E-state index in [1.807, 2.05) is 60.7 Å². The van der Waals surface area contributed by atoms with Crippen LogP contribution in [0.5, 0.6) is 11.5 Å². The van der Waals surface area contributed by atoms with Crippen molar-refractivity contribution in [2.75, 3.05) is 6.16 Å². The van der Waals surface area contributed by atoms with Gasteiger partial charge in [0.15, 0.2) is 0 Å². The lowest BCUT2D eigenvalue weighted by atomic mass is 10.0. The van der Waals surface area contributed by atoms with Crippen LogP contribution in [-0.2, 0) is 0 Å². The maximum Gasteiger partial charge on any atom is 0.292 e. The van der Waals surface area contributed by atoms with Gasteiger partial charge >= 0.3 is 0 Å². The van der Waals surface area contributed by atoms with Gasteiger partial charge in [-0.3, -0.25) is 0 Å². The minimum atomic E-state index is -1.41. The molecule has 5 heteroatoms. The number of para-hydroxylation sites is 2. The van der Waals surface area contributed by atoms with Crippen LogP contribution in [0.15, 0.2) is 84.9 Å². The van der Waals surface area contributed by atoms with Crippen LogP contribution in [0.1, 0.15) is 11.5 Å². The Hall–Kier alpha value is -2.89. The summed E-state index contributed by atoms with van der Waals surface area (Å²) in [7, 11) is -1.41. The maximum absolute atomic E-state index is 13.2. The minimum Gasteiger partial charge on any atom is -0.439 e. The van der Waals surface area contributed by atoms with Crippen molar-refractivity contribution in [3.8, 4) is 17.6 Å². The standard InChI is InChI=1S/C21H17FNO2P/c22-19-13-11-17(12-14-19)18(15-23)16-26(24-20-7-3-1-4-8-20)25-21-9-5-2-6-10-21/h1-14,18H,16H2. The molecule has 0 radical (unpaired) electrons. The van der Waals surface area contributed by atoms with Crippen LogP contribution in [-0.4, -0.2) is 6.16 Å². The number of nitrogens with zero attached hydrogens (tertiary/aromatic N) is 1. The van der Waals surface area contributed by atoms with E-state index in [0.717, 1.165) is 5.56 Å². The van der Waals surface area contributed by atoms with E-state index < -0.39 is 14.3 Å². The third-order valence-electron chi connectivity index (χ3n) is 3.66. The molecule has 130 valence electrons. The van der Waals surface area contributed by atoms with Crippen molar-refractivity contribution in [3.05, 3.63) is 96.3 Å². The van der Waals surface area contributed by atoms with Gasteiger partial charge in [-0.2, -0.15) is 5.26 Å². The molecule has 3 aromatic carbocycles. The Balaban J connectivity index is 1.79. The summed E-state index contributed by atoms with van der Waals surface area (Å²) in [5, 5.41) is 9.59. The lowest BCUT2D eigenvalue weighted by Gasteiger charge is -2.21. The summed E-state index contributed by atoms with van der Waals surface area (Å²) in [6.07, 6.45) is 0.376. The topological polar surface area (TPSA) is 42.2 Å². The third-order valence-corrected chi connectivity index (χ3v) is 5.15. The van der Waals surface area contributed by atoms with E-state index in [1.165, 1.54) is 12.1 Å². The molecule has 3 rings (SSSR count). The number of benzene rings is 3. The molecular formula is C21H17FNO2P. The highest BCUT2D eigenvalue weighted by atomic mass is 31.2. The van der Waals surface area contributed by atoms with E-state index >= 15 is 0 Å². The van der Waals surface area contributed by atoms with Crippen LogP contribution >= 0.6 is 8.38 Å². The predicted molar refractivity (Wildman–Crippen MR) is 101 cm³/mol. The number of nitriles is 1. The summed E-state index contributed by atoms with van der Waals surface area (Å²) in [4.78, 5) is 0. The van der Waals surface area contributed by atoms with Gasteiger partial charge in [-0.05, 0) is 42.0 Å². The van der Waals surface area contributed by atoms with Crippen molar-refractivity contribution >= 4 is 8.38 Å². The number of halogens is 1. The van der Waals surface area contributed by atoms with Crippen molar-refractivity contribution < 1.29 is 13.4 Å². The number of hydrogen-bond acceptors (Lipinski definition) is 3. The fourth-order valence-corrected chi connectivity index (χ4v) is 3.85. The highest BCUT2D eigenvalue weighted by molar-refractivity contribution is 7.48. The van der Waals surface area contributed by atoms with Crippen LogP contribution in [0.3, 0.4) is 0 Å². The van der Waals surface area contributed by atoms with E-state index in [1.54, 1.807) is 12.1 Å². The quantitative estimate of drug-likeness (QED) is 0.489. The fraction of sp³-hybridized carbons (Fsp3) is 0.0952. The molecule has 0 aliphatic heterocycles. The zero-order valence-electron chi connectivity index (χ0n) is 14.0. The van der Waals surface area contributed by atoms with Crippen molar-refractivity contribution in [3.63, 3.8) is 0 Å². The van der Waals surface area contributed by atoms with E-state index in [4.69, 9.17) is 9.05 Å². The second kappa shape index (κ2) is 8.99. The van der Waals surface area contributed by atoms with E-state index in [0.29, 0.717) is 17.7 Å². The molecule has 0 bridgehead atoms. The minimum absolute atomic E-state index is 0.325. The highest BCUT2D eigenvalue weighted by Gasteiger charge is 2.23. The molecule has 0 aliphatic carbocycles. The number of rotatable bonds is 7. The highest BCUT2D eigenvalue weighted by Crippen LogP contribution is 2.43. The first-order chi connectivity index (χ1) is 12.7. The van der Waals surface area contributed by atoms with Gasteiger partial charge in [-0.25, -0.2) is 4.39 Å². The summed E-state index contributed by atoms with van der Waals surface area (Å²) in [5.41, 5.74) is 0.745. The molecule has 0 aromatic heterocycles. The van der Waals surface area contributed by atoms with E-state index in [-0.39, 0.29) is 5.82 Å². The Bertz CT molecular complexity index is 809. The number of hydrogen-bond donors (Lipinski definition) is 0. The molecule has 0 saturated heterocycles. The molecule has 1 unspecified atom stereocenters. The molecule has 3 nitrogen and oxygen atoms in total. The van der Waals surface area contributed by atoms with Crippen LogP contribution in [0.4, 0.5) is 4.39 Å². The molecule has 0 amide bonds. The zero-order valence-corrected chi connectivity index (χ0v) is 14.9. The second-order valence-electron chi connectivity index (χ2n) is 5.56. The van der Waals surface area contributed by atoms with Gasteiger partial charge in [0.2, 0.25) is 0 Å². The SMILES string of the molecule is N#CC(CP(Oc1ccccc1)Oc1ccccc1)c1ccc(F)cc1. The van der Waals surface area contributed by atoms with E-state index in [2.05, 4.69) is 6.07 Å². The lowest BCUT2D eigenvalue weighted by Crippen LogP contribution is -2.07. The molecule has 26 heavy (non-hydrogen) atoms. The summed E-state index contributed by atoms with van der Waals surface area (Å²) in [5.74, 6) is 0.596. The predicted octanol–water partition coefficient (Wildman–Crippen LogP) is 5.90. The summed E-state index contributed by atoms with van der Waals surface area (Å²) in [6, 6.07) is 27.0. The largest absolute Gasteiger partial charge is 0.439 e. The first-order valence-corrected chi connectivity index (χ1v) is 9.49. The maximum atomic E-state index is 13.2. The normalized spacial score (nSPS) is 11.6. The van der Waals surface area contributed by atoms with Gasteiger partial charge in [0.1, 0.15) is 17.3 Å². The Morgan fingerprint density at radius 1 is 0.808 bits per heavy atom. The molecule has 3 aromatic rings. The molecule has 0 saturated carbocycles.